The van der Waals surface area contributed by atoms with Gasteiger partial charge in [-0.2, -0.15) is 0 Å². The number of hydrogen-bond donors (Lipinski definition) is 2. The van der Waals surface area contributed by atoms with E-state index in [4.69, 9.17) is 4.74 Å². The Morgan fingerprint density at radius 2 is 2.17 bits per heavy atom. The number of hydrogen-bond acceptors (Lipinski definition) is 4. The van der Waals surface area contributed by atoms with Gasteiger partial charge in [-0.3, -0.25) is 9.59 Å². The highest BCUT2D eigenvalue weighted by molar-refractivity contribution is 5.85. The van der Waals surface area contributed by atoms with Crippen LogP contribution in [0.5, 0.6) is 0 Å². The molecule has 0 aromatic heterocycles. The van der Waals surface area contributed by atoms with Gasteiger partial charge < -0.3 is 14.9 Å². The minimum absolute atomic E-state index is 0.169. The third-order valence-electron chi connectivity index (χ3n) is 7.85. The number of aliphatic hydroxyl groups is 1. The molecule has 8 atom stereocenters. The van der Waals surface area contributed by atoms with Crippen LogP contribution in [0.4, 0.5) is 0 Å². The van der Waals surface area contributed by atoms with Gasteiger partial charge in [-0.1, -0.05) is 17.7 Å². The fourth-order valence-electron chi connectivity index (χ4n) is 6.87. The van der Waals surface area contributed by atoms with E-state index in [1.54, 1.807) is 6.92 Å². The Labute approximate surface area is 140 Å². The second-order valence-corrected chi connectivity index (χ2v) is 8.66. The molecule has 2 N–H and O–H groups in total. The lowest BCUT2D eigenvalue weighted by atomic mass is 9.61. The molecule has 4 fully saturated rings. The summed E-state index contributed by atoms with van der Waals surface area (Å²) in [5.41, 5.74) is 0.736. The molecule has 4 bridgehead atoms. The first kappa shape index (κ1) is 14.7. The van der Waals surface area contributed by atoms with Gasteiger partial charge in [-0.15, -0.1) is 0 Å². The van der Waals surface area contributed by atoms with Gasteiger partial charge >= 0.3 is 11.9 Å². The molecule has 0 aromatic carbocycles. The molecule has 5 rings (SSSR count). The van der Waals surface area contributed by atoms with Gasteiger partial charge in [0.25, 0.3) is 0 Å². The number of aliphatic carboxylic acids is 1. The smallest absolute Gasteiger partial charge is 0.315 e. The van der Waals surface area contributed by atoms with Crippen molar-refractivity contribution in [3.63, 3.8) is 0 Å². The molecule has 0 amide bonds. The van der Waals surface area contributed by atoms with Crippen LogP contribution in [0.1, 0.15) is 32.6 Å². The molecule has 5 heteroatoms. The minimum Gasteiger partial charge on any atom is -0.481 e. The molecule has 1 aliphatic heterocycles. The molecule has 8 unspecified atom stereocenters. The van der Waals surface area contributed by atoms with Crippen LogP contribution in [0.25, 0.3) is 0 Å². The first-order valence-corrected chi connectivity index (χ1v) is 8.82. The zero-order valence-electron chi connectivity index (χ0n) is 13.7. The maximum atomic E-state index is 12.5. The summed E-state index contributed by atoms with van der Waals surface area (Å²) >= 11 is 0. The first-order chi connectivity index (χ1) is 11.3. The number of ether oxygens (including phenoxy) is 1. The van der Waals surface area contributed by atoms with Crippen LogP contribution in [0.15, 0.2) is 23.8 Å². The number of carbonyl (C=O) groups is 2. The molecule has 0 radical (unpaired) electrons. The van der Waals surface area contributed by atoms with Crippen molar-refractivity contribution in [2.24, 2.45) is 34.5 Å². The Kier molecular flexibility index (Phi) is 2.53. The van der Waals surface area contributed by atoms with Gasteiger partial charge in [0.15, 0.2) is 0 Å². The van der Waals surface area contributed by atoms with E-state index in [1.807, 2.05) is 6.08 Å². The Bertz CT molecular complexity index is 723. The average Bonchev–Trinajstić information content (AvgIpc) is 3.00. The van der Waals surface area contributed by atoms with Crippen LogP contribution in [0.2, 0.25) is 0 Å². The third kappa shape index (κ3) is 1.35. The highest BCUT2D eigenvalue weighted by Crippen LogP contribution is 2.73. The fraction of sp³-hybridized carbons (Fsp3) is 0.684. The van der Waals surface area contributed by atoms with Gasteiger partial charge in [0, 0.05) is 5.92 Å². The number of carboxylic acid groups (broad SMARTS) is 1. The monoisotopic (exact) mass is 330 g/mol. The van der Waals surface area contributed by atoms with Crippen molar-refractivity contribution >= 4 is 11.9 Å². The van der Waals surface area contributed by atoms with Gasteiger partial charge in [0.2, 0.25) is 0 Å². The van der Waals surface area contributed by atoms with E-state index in [2.05, 4.69) is 6.58 Å². The van der Waals surface area contributed by atoms with Crippen LogP contribution in [-0.4, -0.2) is 34.4 Å². The van der Waals surface area contributed by atoms with Crippen LogP contribution >= 0.6 is 0 Å². The van der Waals surface area contributed by atoms with Crippen molar-refractivity contribution in [2.75, 3.05) is 0 Å². The Morgan fingerprint density at radius 1 is 1.42 bits per heavy atom. The second-order valence-electron chi connectivity index (χ2n) is 8.66. The predicted octanol–water partition coefficient (Wildman–Crippen LogP) is 1.91. The minimum atomic E-state index is -1.15. The van der Waals surface area contributed by atoms with Gasteiger partial charge in [-0.05, 0) is 55.9 Å². The Balaban J connectivity index is 1.74. The summed E-state index contributed by atoms with van der Waals surface area (Å²) in [6.45, 7) is 5.90. The molecule has 4 aliphatic carbocycles. The summed E-state index contributed by atoms with van der Waals surface area (Å²) in [5, 5.41) is 20.8. The third-order valence-corrected chi connectivity index (χ3v) is 7.85. The van der Waals surface area contributed by atoms with Crippen LogP contribution in [0.3, 0.4) is 0 Å². The normalized spacial score (nSPS) is 54.2. The fourth-order valence-corrected chi connectivity index (χ4v) is 6.87. The Hall–Kier alpha value is -1.62. The Morgan fingerprint density at radius 3 is 2.88 bits per heavy atom. The zero-order valence-corrected chi connectivity index (χ0v) is 13.7. The van der Waals surface area contributed by atoms with E-state index in [0.717, 1.165) is 31.3 Å². The summed E-state index contributed by atoms with van der Waals surface area (Å²) in [4.78, 5) is 24.9. The lowest BCUT2D eigenvalue weighted by Gasteiger charge is -2.40. The predicted molar refractivity (Wildman–Crippen MR) is 83.7 cm³/mol. The molecule has 128 valence electrons. The number of rotatable bonds is 1. The molecule has 5 aliphatic rings. The summed E-state index contributed by atoms with van der Waals surface area (Å²) in [5.74, 6) is -1.84. The molecule has 1 heterocycles. The largest absolute Gasteiger partial charge is 0.481 e. The molecule has 0 aromatic rings. The van der Waals surface area contributed by atoms with Crippen molar-refractivity contribution in [3.05, 3.63) is 23.8 Å². The van der Waals surface area contributed by atoms with Gasteiger partial charge in [0.05, 0.1) is 5.92 Å². The number of aliphatic hydroxyl groups excluding tert-OH is 1. The second kappa shape index (κ2) is 4.13. The standard InChI is InChI=1S/C19H22O5/c1-8-6-19-7-9(8)3-4-11(19)10-5-12-15(20)18(2,17(23)24-12)13(10)14(19)16(21)22/h5,9,11-15,20H,1,3-4,6-7H2,2H3,(H,21,22). The highest BCUT2D eigenvalue weighted by Gasteiger charge is 2.74. The molecule has 1 saturated heterocycles. The molecular formula is C19H22O5. The van der Waals surface area contributed by atoms with E-state index in [9.17, 15) is 19.8 Å². The van der Waals surface area contributed by atoms with Crippen molar-refractivity contribution in [1.29, 1.82) is 0 Å². The maximum Gasteiger partial charge on any atom is 0.315 e. The summed E-state index contributed by atoms with van der Waals surface area (Å²) in [6.07, 6.45) is 3.87. The molecular weight excluding hydrogens is 308 g/mol. The maximum absolute atomic E-state index is 12.5. The van der Waals surface area contributed by atoms with Gasteiger partial charge in [-0.25, -0.2) is 0 Å². The number of esters is 1. The van der Waals surface area contributed by atoms with Crippen molar-refractivity contribution in [1.82, 2.24) is 0 Å². The first-order valence-electron chi connectivity index (χ1n) is 8.82. The number of carbonyl (C=O) groups excluding carboxylic acids is 1. The van der Waals surface area contributed by atoms with Gasteiger partial charge in [0.1, 0.15) is 17.6 Å². The van der Waals surface area contributed by atoms with E-state index in [-0.39, 0.29) is 11.3 Å². The number of carboxylic acids is 1. The number of fused-ring (bicyclic) bond motifs is 6. The molecule has 5 nitrogen and oxygen atoms in total. The quantitative estimate of drug-likeness (QED) is 0.567. The summed E-state index contributed by atoms with van der Waals surface area (Å²) < 4.78 is 5.37. The lowest BCUT2D eigenvalue weighted by Crippen LogP contribution is -2.50. The lowest BCUT2D eigenvalue weighted by molar-refractivity contribution is -0.156. The van der Waals surface area contributed by atoms with Crippen molar-refractivity contribution in [3.8, 4) is 0 Å². The van der Waals surface area contributed by atoms with E-state index in [1.165, 1.54) is 5.57 Å². The molecule has 24 heavy (non-hydrogen) atoms. The van der Waals surface area contributed by atoms with Crippen LogP contribution < -0.4 is 0 Å². The summed E-state index contributed by atoms with van der Waals surface area (Å²) in [7, 11) is 0. The van der Waals surface area contributed by atoms with E-state index in [0.29, 0.717) is 5.92 Å². The van der Waals surface area contributed by atoms with Crippen LogP contribution in [0, 0.1) is 34.5 Å². The molecule has 3 saturated carbocycles. The van der Waals surface area contributed by atoms with E-state index < -0.39 is 41.4 Å². The highest BCUT2D eigenvalue weighted by atomic mass is 16.6. The topological polar surface area (TPSA) is 83.8 Å². The van der Waals surface area contributed by atoms with Crippen LogP contribution in [-0.2, 0) is 14.3 Å². The summed E-state index contributed by atoms with van der Waals surface area (Å²) in [6, 6.07) is 0. The zero-order chi connectivity index (χ0) is 17.0. The SMILES string of the molecule is C=C1CC23CC1CCC2C1=CC2OC(=O)C(C)(C2O)C1C3C(=O)O. The van der Waals surface area contributed by atoms with Crippen molar-refractivity contribution in [2.45, 2.75) is 44.8 Å². The number of allylic oxidation sites excluding steroid dienone is 2. The van der Waals surface area contributed by atoms with E-state index >= 15 is 0 Å². The van der Waals surface area contributed by atoms with Crippen molar-refractivity contribution < 1.29 is 24.5 Å². The average molecular weight is 330 g/mol. The molecule has 1 spiro atoms.